The summed E-state index contributed by atoms with van der Waals surface area (Å²) in [5.74, 6) is -0.632. The summed E-state index contributed by atoms with van der Waals surface area (Å²) in [6.07, 6.45) is 4.27. The van der Waals surface area contributed by atoms with Crippen molar-refractivity contribution >= 4 is 23.1 Å². The third kappa shape index (κ3) is 2.98. The van der Waals surface area contributed by atoms with E-state index in [1.54, 1.807) is 6.07 Å². The Kier molecular flexibility index (Phi) is 4.95. The minimum absolute atomic E-state index is 0.0916. The van der Waals surface area contributed by atoms with Crippen molar-refractivity contribution in [2.75, 3.05) is 11.5 Å². The number of hydrogen-bond donors (Lipinski definition) is 0. The van der Waals surface area contributed by atoms with Crippen molar-refractivity contribution in [3.05, 3.63) is 114 Å². The maximum absolute atomic E-state index is 13.8. The molecular weight excluding hydrogens is 422 g/mol. The van der Waals surface area contributed by atoms with Crippen LogP contribution in [0, 0.1) is 23.7 Å². The first-order chi connectivity index (χ1) is 16.7. The van der Waals surface area contributed by atoms with Crippen LogP contribution in [0.3, 0.4) is 0 Å². The Bertz CT molecular complexity index is 1250. The molecule has 0 unspecified atom stereocenters. The Morgan fingerprint density at radius 1 is 0.735 bits per heavy atom. The molecule has 1 heterocycles. The smallest absolute Gasteiger partial charge is 0.238 e. The van der Waals surface area contributed by atoms with Crippen molar-refractivity contribution in [2.45, 2.75) is 6.92 Å². The van der Waals surface area contributed by atoms with E-state index in [0.29, 0.717) is 18.0 Å². The lowest BCUT2D eigenvalue weighted by Gasteiger charge is -2.23. The van der Waals surface area contributed by atoms with Gasteiger partial charge in [-0.3, -0.25) is 9.59 Å². The number of hydrogen-bond acceptors (Lipinski definition) is 3. The Morgan fingerprint density at radius 2 is 1.24 bits per heavy atom. The highest BCUT2D eigenvalue weighted by Crippen LogP contribution is 2.59. The van der Waals surface area contributed by atoms with E-state index in [1.807, 2.05) is 61.5 Å². The van der Waals surface area contributed by atoms with Gasteiger partial charge in [-0.2, -0.15) is 0 Å². The van der Waals surface area contributed by atoms with Crippen molar-refractivity contribution in [2.24, 2.45) is 23.7 Å². The largest absolute Gasteiger partial charge is 0.492 e. The molecule has 4 heteroatoms. The standard InChI is InChI=1S/C30H25NO3/c1-2-34-24-16-10-9-15-23(24)31-29(32)27-21-17-18-22(28(27)30(31)33)26(21)25(19-11-5-3-6-12-19)20-13-7-4-8-14-20/h3-18,21-22,27-28H,2H2,1H3/t21-,22-,27-,28+/m0/s1. The first kappa shape index (κ1) is 20.7. The third-order valence-electron chi connectivity index (χ3n) is 7.24. The summed E-state index contributed by atoms with van der Waals surface area (Å²) in [5.41, 5.74) is 5.09. The maximum atomic E-state index is 13.8. The van der Waals surface area contributed by atoms with Crippen molar-refractivity contribution in [1.29, 1.82) is 0 Å². The molecule has 3 aromatic rings. The number of nitrogens with zero attached hydrogens (tertiary/aromatic N) is 1. The Morgan fingerprint density at radius 3 is 1.76 bits per heavy atom. The second-order valence-electron chi connectivity index (χ2n) is 8.96. The number of rotatable bonds is 5. The van der Waals surface area contributed by atoms with Gasteiger partial charge >= 0.3 is 0 Å². The van der Waals surface area contributed by atoms with Crippen molar-refractivity contribution in [1.82, 2.24) is 0 Å². The van der Waals surface area contributed by atoms with Gasteiger partial charge in [-0.1, -0.05) is 84.9 Å². The van der Waals surface area contributed by atoms with Gasteiger partial charge in [0, 0.05) is 11.8 Å². The van der Waals surface area contributed by atoms with Crippen LogP contribution in [0.15, 0.2) is 103 Å². The highest BCUT2D eigenvalue weighted by atomic mass is 16.5. The van der Waals surface area contributed by atoms with Crippen LogP contribution in [0.1, 0.15) is 18.1 Å². The first-order valence-electron chi connectivity index (χ1n) is 11.8. The molecule has 0 spiro atoms. The molecule has 2 bridgehead atoms. The molecule has 0 aromatic heterocycles. The lowest BCUT2D eigenvalue weighted by Crippen LogP contribution is -2.33. The van der Waals surface area contributed by atoms with E-state index in [2.05, 4.69) is 36.4 Å². The number of allylic oxidation sites excluding steroid dienone is 3. The topological polar surface area (TPSA) is 46.6 Å². The molecule has 6 rings (SSSR count). The minimum Gasteiger partial charge on any atom is -0.492 e. The molecule has 4 atom stereocenters. The summed E-state index contributed by atoms with van der Waals surface area (Å²) in [5, 5.41) is 0. The molecule has 3 aromatic carbocycles. The third-order valence-corrected chi connectivity index (χ3v) is 7.24. The zero-order chi connectivity index (χ0) is 23.2. The summed E-state index contributed by atoms with van der Waals surface area (Å²) >= 11 is 0. The van der Waals surface area contributed by atoms with E-state index < -0.39 is 0 Å². The monoisotopic (exact) mass is 447 g/mol. The average molecular weight is 448 g/mol. The van der Waals surface area contributed by atoms with Crippen LogP contribution in [0.4, 0.5) is 5.69 Å². The number of ether oxygens (including phenoxy) is 1. The fourth-order valence-electron chi connectivity index (χ4n) is 5.96. The number of imide groups is 1. The van der Waals surface area contributed by atoms with E-state index in [0.717, 1.165) is 16.7 Å². The van der Waals surface area contributed by atoms with Crippen LogP contribution in [-0.4, -0.2) is 18.4 Å². The van der Waals surface area contributed by atoms with Crippen LogP contribution < -0.4 is 9.64 Å². The summed E-state index contributed by atoms with van der Waals surface area (Å²) < 4.78 is 5.74. The molecule has 168 valence electrons. The fourth-order valence-corrected chi connectivity index (χ4v) is 5.96. The first-order valence-corrected chi connectivity index (χ1v) is 11.8. The molecule has 34 heavy (non-hydrogen) atoms. The Labute approximate surface area is 199 Å². The zero-order valence-corrected chi connectivity index (χ0v) is 18.9. The number of amides is 2. The number of fused-ring (bicyclic) bond motifs is 5. The highest BCUT2D eigenvalue weighted by molar-refractivity contribution is 6.24. The summed E-state index contributed by atoms with van der Waals surface area (Å²) in [7, 11) is 0. The predicted octanol–water partition coefficient (Wildman–Crippen LogP) is 5.51. The van der Waals surface area contributed by atoms with E-state index >= 15 is 0 Å². The Hall–Kier alpha value is -3.92. The van der Waals surface area contributed by atoms with Gasteiger partial charge in [-0.05, 0) is 41.3 Å². The fraction of sp³-hybridized carbons (Fsp3) is 0.200. The lowest BCUT2D eigenvalue weighted by molar-refractivity contribution is -0.123. The number of carbonyl (C=O) groups is 2. The summed E-state index contributed by atoms with van der Waals surface area (Å²) in [4.78, 5) is 28.9. The summed E-state index contributed by atoms with van der Waals surface area (Å²) in [6, 6.07) is 27.9. The molecule has 0 radical (unpaired) electrons. The van der Waals surface area contributed by atoms with Gasteiger partial charge in [0.2, 0.25) is 11.8 Å². The average Bonchev–Trinajstić information content (AvgIpc) is 3.51. The molecule has 1 saturated heterocycles. The normalized spacial score (nSPS) is 24.6. The number of anilines is 1. The van der Waals surface area contributed by atoms with Crippen LogP contribution in [0.2, 0.25) is 0 Å². The van der Waals surface area contributed by atoms with Gasteiger partial charge in [-0.25, -0.2) is 4.90 Å². The number of carbonyl (C=O) groups excluding carboxylic acids is 2. The molecule has 4 nitrogen and oxygen atoms in total. The van der Waals surface area contributed by atoms with E-state index in [9.17, 15) is 9.59 Å². The number of benzene rings is 3. The zero-order valence-electron chi connectivity index (χ0n) is 18.9. The maximum Gasteiger partial charge on any atom is 0.238 e. The molecule has 2 fully saturated rings. The quantitative estimate of drug-likeness (QED) is 0.383. The van der Waals surface area contributed by atoms with Crippen LogP contribution in [0.25, 0.3) is 5.57 Å². The van der Waals surface area contributed by atoms with Crippen molar-refractivity contribution < 1.29 is 14.3 Å². The molecular formula is C30H25NO3. The second-order valence-corrected chi connectivity index (χ2v) is 8.96. The van der Waals surface area contributed by atoms with Crippen molar-refractivity contribution in [3.63, 3.8) is 0 Å². The lowest BCUT2D eigenvalue weighted by atomic mass is 9.85. The van der Waals surface area contributed by atoms with E-state index in [4.69, 9.17) is 4.74 Å². The molecule has 3 aliphatic rings. The van der Waals surface area contributed by atoms with E-state index in [1.165, 1.54) is 10.5 Å². The SMILES string of the molecule is CCOc1ccccc1N1C(=O)[C@@H]2[C@H](C1=O)[C@H]1C=C[C@H]2C1=C(c1ccccc1)c1ccccc1. The van der Waals surface area contributed by atoms with Gasteiger partial charge in [-0.15, -0.1) is 0 Å². The van der Waals surface area contributed by atoms with Crippen LogP contribution in [0.5, 0.6) is 5.75 Å². The second kappa shape index (κ2) is 8.14. The minimum atomic E-state index is -0.380. The number of para-hydroxylation sites is 2. The van der Waals surface area contributed by atoms with Crippen molar-refractivity contribution in [3.8, 4) is 5.75 Å². The highest BCUT2D eigenvalue weighted by Gasteiger charge is 2.62. The van der Waals surface area contributed by atoms with Gasteiger partial charge in [0.1, 0.15) is 5.75 Å². The predicted molar refractivity (Wildman–Crippen MR) is 132 cm³/mol. The van der Waals surface area contributed by atoms with Gasteiger partial charge in [0.25, 0.3) is 0 Å². The van der Waals surface area contributed by atoms with E-state index in [-0.39, 0.29) is 35.5 Å². The molecule has 1 saturated carbocycles. The van der Waals surface area contributed by atoms with Gasteiger partial charge < -0.3 is 4.74 Å². The molecule has 0 N–H and O–H groups in total. The van der Waals surface area contributed by atoms with Gasteiger partial charge in [0.15, 0.2) is 0 Å². The molecule has 1 aliphatic heterocycles. The van der Waals surface area contributed by atoms with Gasteiger partial charge in [0.05, 0.1) is 24.1 Å². The summed E-state index contributed by atoms with van der Waals surface area (Å²) in [6.45, 7) is 2.37. The van der Waals surface area contributed by atoms with Crippen LogP contribution in [-0.2, 0) is 9.59 Å². The molecule has 2 amide bonds. The van der Waals surface area contributed by atoms with Crippen LogP contribution >= 0.6 is 0 Å². The Balaban J connectivity index is 1.47. The molecule has 2 aliphatic carbocycles.